The summed E-state index contributed by atoms with van der Waals surface area (Å²) in [5, 5.41) is 6.28. The molecule has 152 valence electrons. The number of nitrogens with zero attached hydrogens (tertiary/aromatic N) is 1. The number of hydrogen-bond acceptors (Lipinski definition) is 4. The van der Waals surface area contributed by atoms with Crippen LogP contribution < -0.4 is 16.4 Å². The van der Waals surface area contributed by atoms with Crippen LogP contribution in [-0.2, 0) is 9.59 Å². The summed E-state index contributed by atoms with van der Waals surface area (Å²) in [6.45, 7) is 0.932. The summed E-state index contributed by atoms with van der Waals surface area (Å²) in [5.41, 5.74) is 6.87. The molecule has 1 saturated heterocycles. The van der Waals surface area contributed by atoms with Crippen LogP contribution in [0.15, 0.2) is 48.5 Å². The predicted octanol–water partition coefficient (Wildman–Crippen LogP) is 2.73. The normalized spacial score (nSPS) is 14.3. The number of anilines is 2. The summed E-state index contributed by atoms with van der Waals surface area (Å²) in [6.07, 6.45) is 1.11. The van der Waals surface area contributed by atoms with Crippen molar-refractivity contribution in [3.8, 4) is 0 Å². The Labute approximate surface area is 174 Å². The monoisotopic (exact) mass is 414 g/mol. The molecule has 0 bridgehead atoms. The number of nitrogens with two attached hydrogens (primary N) is 1. The zero-order valence-electron chi connectivity index (χ0n) is 15.9. The Kier molecular flexibility index (Phi) is 6.72. The van der Waals surface area contributed by atoms with E-state index in [1.165, 1.54) is 0 Å². The molecule has 0 spiro atoms. The van der Waals surface area contributed by atoms with Gasteiger partial charge in [0.2, 0.25) is 11.8 Å². The van der Waals surface area contributed by atoms with Gasteiger partial charge < -0.3 is 21.3 Å². The third-order valence-corrected chi connectivity index (χ3v) is 5.26. The molecule has 1 aliphatic heterocycles. The first-order valence-electron chi connectivity index (χ1n) is 9.41. The van der Waals surface area contributed by atoms with E-state index in [0.29, 0.717) is 47.9 Å². The number of amides is 3. The third-order valence-electron chi connectivity index (χ3n) is 4.93. The van der Waals surface area contributed by atoms with Gasteiger partial charge in [0.15, 0.2) is 0 Å². The van der Waals surface area contributed by atoms with Gasteiger partial charge in [-0.2, -0.15) is 0 Å². The van der Waals surface area contributed by atoms with Gasteiger partial charge in [0, 0.05) is 19.0 Å². The van der Waals surface area contributed by atoms with Crippen molar-refractivity contribution in [2.45, 2.75) is 12.8 Å². The molecule has 2 aromatic carbocycles. The molecular formula is C21H23ClN4O3. The number of carbonyl (C=O) groups excluding carboxylic acids is 3. The first-order valence-corrected chi connectivity index (χ1v) is 9.79. The van der Waals surface area contributed by atoms with Crippen LogP contribution in [0.25, 0.3) is 0 Å². The first kappa shape index (κ1) is 20.7. The molecule has 0 atom stereocenters. The van der Waals surface area contributed by atoms with Crippen molar-refractivity contribution < 1.29 is 14.4 Å². The Balaban J connectivity index is 1.63. The molecule has 29 heavy (non-hydrogen) atoms. The standard InChI is InChI=1S/C21H23ClN4O3/c22-16-6-2-4-8-18(16)24-13-19(27)25-17-7-3-1-5-15(17)21(29)26-11-9-14(10-12-26)20(23)28/h1-8,14,24H,9-13H2,(H2,23,28)(H,25,27). The summed E-state index contributed by atoms with van der Waals surface area (Å²) >= 11 is 6.08. The molecule has 3 amide bonds. The minimum atomic E-state index is -0.323. The van der Waals surface area contributed by atoms with E-state index in [4.69, 9.17) is 17.3 Å². The molecule has 0 radical (unpaired) electrons. The Morgan fingerprint density at radius 3 is 2.28 bits per heavy atom. The van der Waals surface area contributed by atoms with Crippen LogP contribution in [-0.4, -0.2) is 42.3 Å². The highest BCUT2D eigenvalue weighted by Crippen LogP contribution is 2.23. The van der Waals surface area contributed by atoms with E-state index >= 15 is 0 Å². The Morgan fingerprint density at radius 2 is 1.62 bits per heavy atom. The molecular weight excluding hydrogens is 392 g/mol. The number of primary amides is 1. The van der Waals surface area contributed by atoms with Gasteiger partial charge in [-0.15, -0.1) is 0 Å². The summed E-state index contributed by atoms with van der Waals surface area (Å²) in [6, 6.07) is 14.0. The van der Waals surface area contributed by atoms with Crippen LogP contribution in [0.1, 0.15) is 23.2 Å². The number of carbonyl (C=O) groups is 3. The maximum Gasteiger partial charge on any atom is 0.255 e. The Bertz CT molecular complexity index is 910. The number of rotatable bonds is 6. The number of benzene rings is 2. The zero-order chi connectivity index (χ0) is 20.8. The lowest BCUT2D eigenvalue weighted by Crippen LogP contribution is -2.42. The summed E-state index contributed by atoms with van der Waals surface area (Å²) in [4.78, 5) is 38.3. The van der Waals surface area contributed by atoms with E-state index < -0.39 is 0 Å². The minimum absolute atomic E-state index is 0.0102. The van der Waals surface area contributed by atoms with Crippen molar-refractivity contribution in [3.63, 3.8) is 0 Å². The van der Waals surface area contributed by atoms with Crippen LogP contribution in [0.4, 0.5) is 11.4 Å². The molecule has 7 nitrogen and oxygen atoms in total. The van der Waals surface area contributed by atoms with Gasteiger partial charge in [-0.05, 0) is 37.1 Å². The number of nitrogens with one attached hydrogen (secondary N) is 2. The highest BCUT2D eigenvalue weighted by atomic mass is 35.5. The van der Waals surface area contributed by atoms with E-state index in [-0.39, 0.29) is 30.2 Å². The second kappa shape index (κ2) is 9.43. The van der Waals surface area contributed by atoms with E-state index in [1.807, 2.05) is 12.1 Å². The van der Waals surface area contributed by atoms with E-state index in [9.17, 15) is 14.4 Å². The zero-order valence-corrected chi connectivity index (χ0v) is 16.6. The van der Waals surface area contributed by atoms with Crippen LogP contribution in [0.5, 0.6) is 0 Å². The SMILES string of the molecule is NC(=O)C1CCN(C(=O)c2ccccc2NC(=O)CNc2ccccc2Cl)CC1. The van der Waals surface area contributed by atoms with Gasteiger partial charge in [-0.1, -0.05) is 35.9 Å². The van der Waals surface area contributed by atoms with Gasteiger partial charge in [0.05, 0.1) is 28.5 Å². The Morgan fingerprint density at radius 1 is 1.00 bits per heavy atom. The Hall–Kier alpha value is -3.06. The first-order chi connectivity index (χ1) is 14.0. The van der Waals surface area contributed by atoms with Crippen LogP contribution in [0.2, 0.25) is 5.02 Å². The van der Waals surface area contributed by atoms with Crippen molar-refractivity contribution in [1.82, 2.24) is 4.90 Å². The molecule has 0 saturated carbocycles. The van der Waals surface area contributed by atoms with E-state index in [2.05, 4.69) is 10.6 Å². The fraction of sp³-hybridized carbons (Fsp3) is 0.286. The van der Waals surface area contributed by atoms with Crippen molar-refractivity contribution >= 4 is 40.7 Å². The molecule has 0 aliphatic carbocycles. The van der Waals surface area contributed by atoms with Crippen molar-refractivity contribution in [2.75, 3.05) is 30.3 Å². The maximum atomic E-state index is 12.9. The number of hydrogen-bond donors (Lipinski definition) is 3. The smallest absolute Gasteiger partial charge is 0.255 e. The van der Waals surface area contributed by atoms with Crippen molar-refractivity contribution in [1.29, 1.82) is 0 Å². The van der Waals surface area contributed by atoms with Crippen molar-refractivity contribution in [3.05, 3.63) is 59.1 Å². The van der Waals surface area contributed by atoms with E-state index in [1.54, 1.807) is 41.3 Å². The summed E-state index contributed by atoms with van der Waals surface area (Å²) in [5.74, 6) is -0.985. The second-order valence-electron chi connectivity index (χ2n) is 6.90. The molecule has 1 aliphatic rings. The van der Waals surface area contributed by atoms with Gasteiger partial charge in [-0.25, -0.2) is 0 Å². The number of para-hydroxylation sites is 2. The lowest BCUT2D eigenvalue weighted by atomic mass is 9.95. The van der Waals surface area contributed by atoms with Crippen LogP contribution >= 0.6 is 11.6 Å². The van der Waals surface area contributed by atoms with Gasteiger partial charge in [0.1, 0.15) is 0 Å². The van der Waals surface area contributed by atoms with Crippen molar-refractivity contribution in [2.24, 2.45) is 11.7 Å². The van der Waals surface area contributed by atoms with Gasteiger partial charge in [0.25, 0.3) is 5.91 Å². The number of piperidine rings is 1. The highest BCUT2D eigenvalue weighted by molar-refractivity contribution is 6.33. The second-order valence-corrected chi connectivity index (χ2v) is 7.30. The number of likely N-dealkylation sites (tertiary alicyclic amines) is 1. The molecule has 1 fully saturated rings. The molecule has 0 aromatic heterocycles. The van der Waals surface area contributed by atoms with Crippen LogP contribution in [0.3, 0.4) is 0 Å². The highest BCUT2D eigenvalue weighted by Gasteiger charge is 2.27. The average Bonchev–Trinajstić information content (AvgIpc) is 2.73. The molecule has 3 rings (SSSR count). The summed E-state index contributed by atoms with van der Waals surface area (Å²) < 4.78 is 0. The quantitative estimate of drug-likeness (QED) is 0.675. The molecule has 8 heteroatoms. The largest absolute Gasteiger partial charge is 0.375 e. The van der Waals surface area contributed by atoms with Gasteiger partial charge >= 0.3 is 0 Å². The lowest BCUT2D eigenvalue weighted by Gasteiger charge is -2.31. The predicted molar refractivity (Wildman–Crippen MR) is 113 cm³/mol. The van der Waals surface area contributed by atoms with E-state index in [0.717, 1.165) is 0 Å². The molecule has 4 N–H and O–H groups in total. The fourth-order valence-corrected chi connectivity index (χ4v) is 3.49. The molecule has 2 aromatic rings. The number of halogens is 1. The maximum absolute atomic E-state index is 12.9. The molecule has 0 unspecified atom stereocenters. The lowest BCUT2D eigenvalue weighted by molar-refractivity contribution is -0.123. The van der Waals surface area contributed by atoms with Gasteiger partial charge in [-0.3, -0.25) is 14.4 Å². The summed E-state index contributed by atoms with van der Waals surface area (Å²) in [7, 11) is 0. The topological polar surface area (TPSA) is 105 Å². The third kappa shape index (κ3) is 5.26. The average molecular weight is 415 g/mol. The fourth-order valence-electron chi connectivity index (χ4n) is 3.29. The van der Waals surface area contributed by atoms with Crippen LogP contribution in [0, 0.1) is 5.92 Å². The minimum Gasteiger partial charge on any atom is -0.375 e. The molecule has 1 heterocycles.